The van der Waals surface area contributed by atoms with Crippen molar-refractivity contribution < 1.29 is 18.8 Å². The van der Waals surface area contributed by atoms with Crippen LogP contribution in [0.1, 0.15) is 49.0 Å². The number of hydrogen-bond donors (Lipinski definition) is 1. The van der Waals surface area contributed by atoms with Gasteiger partial charge in [-0.2, -0.15) is 4.98 Å². The molecule has 0 aliphatic carbocycles. The zero-order valence-electron chi connectivity index (χ0n) is 16.2. The highest BCUT2D eigenvalue weighted by Gasteiger charge is 2.29. The Morgan fingerprint density at radius 1 is 1.33 bits per heavy atom. The van der Waals surface area contributed by atoms with Crippen LogP contribution in [-0.4, -0.2) is 48.4 Å². The minimum atomic E-state index is -0.164. The molecule has 146 valence electrons. The second-order valence-electron chi connectivity index (χ2n) is 6.75. The summed E-state index contributed by atoms with van der Waals surface area (Å²) in [6.45, 7) is 5.04. The third-order valence-electron chi connectivity index (χ3n) is 4.85. The standard InChI is InChI=1S/C19H26N4O4/c1-12(14-7-8-16(25-3)17(10-14)26-4)20-19(24)23-9-5-6-15(11-23)18-21-13(2)22-27-18/h7-8,10,12,15H,5-6,9,11H2,1-4H3,(H,20,24)/t12-,15-/m1/s1. The van der Waals surface area contributed by atoms with Crippen molar-refractivity contribution in [3.05, 3.63) is 35.5 Å². The lowest BCUT2D eigenvalue weighted by atomic mass is 9.98. The number of urea groups is 1. The van der Waals surface area contributed by atoms with Gasteiger partial charge in [-0.1, -0.05) is 11.2 Å². The summed E-state index contributed by atoms with van der Waals surface area (Å²) in [5, 5.41) is 6.91. The van der Waals surface area contributed by atoms with Crippen molar-refractivity contribution in [1.29, 1.82) is 0 Å². The molecule has 2 aromatic rings. The van der Waals surface area contributed by atoms with Crippen LogP contribution < -0.4 is 14.8 Å². The summed E-state index contributed by atoms with van der Waals surface area (Å²) >= 11 is 0. The average molecular weight is 374 g/mol. The Labute approximate surface area is 158 Å². The molecular formula is C19H26N4O4. The summed E-state index contributed by atoms with van der Waals surface area (Å²) in [6, 6.07) is 5.38. The van der Waals surface area contributed by atoms with Crippen molar-refractivity contribution in [3.8, 4) is 11.5 Å². The Morgan fingerprint density at radius 3 is 2.78 bits per heavy atom. The molecule has 2 amide bonds. The van der Waals surface area contributed by atoms with Gasteiger partial charge >= 0.3 is 6.03 Å². The van der Waals surface area contributed by atoms with E-state index in [-0.39, 0.29) is 18.0 Å². The van der Waals surface area contributed by atoms with Gasteiger partial charge in [0.2, 0.25) is 5.89 Å². The molecule has 0 bridgehead atoms. The molecule has 8 nitrogen and oxygen atoms in total. The maximum Gasteiger partial charge on any atom is 0.317 e. The number of rotatable bonds is 5. The summed E-state index contributed by atoms with van der Waals surface area (Å²) in [6.07, 6.45) is 1.85. The van der Waals surface area contributed by atoms with Crippen LogP contribution in [0, 0.1) is 6.92 Å². The molecule has 8 heteroatoms. The topological polar surface area (TPSA) is 89.7 Å². The first-order valence-corrected chi connectivity index (χ1v) is 9.09. The Kier molecular flexibility index (Phi) is 5.83. The van der Waals surface area contributed by atoms with Gasteiger partial charge in [0.15, 0.2) is 17.3 Å². The maximum absolute atomic E-state index is 12.7. The summed E-state index contributed by atoms with van der Waals surface area (Å²) in [5.74, 6) is 2.61. The van der Waals surface area contributed by atoms with E-state index in [1.165, 1.54) is 0 Å². The van der Waals surface area contributed by atoms with Crippen molar-refractivity contribution in [3.63, 3.8) is 0 Å². The molecule has 1 saturated heterocycles. The maximum atomic E-state index is 12.7. The van der Waals surface area contributed by atoms with Gasteiger partial charge in [0, 0.05) is 13.1 Å². The highest BCUT2D eigenvalue weighted by Crippen LogP contribution is 2.30. The van der Waals surface area contributed by atoms with Crippen LogP contribution in [0.25, 0.3) is 0 Å². The molecule has 2 atom stereocenters. The van der Waals surface area contributed by atoms with Gasteiger partial charge in [-0.15, -0.1) is 0 Å². The highest BCUT2D eigenvalue weighted by atomic mass is 16.5. The zero-order chi connectivity index (χ0) is 19.4. The van der Waals surface area contributed by atoms with E-state index in [1.54, 1.807) is 21.1 Å². The predicted octanol–water partition coefficient (Wildman–Crippen LogP) is 3.05. The molecule has 1 aromatic heterocycles. The number of carbonyl (C=O) groups excluding carboxylic acids is 1. The fourth-order valence-corrected chi connectivity index (χ4v) is 3.32. The number of aromatic nitrogens is 2. The molecule has 0 spiro atoms. The smallest absolute Gasteiger partial charge is 0.317 e. The van der Waals surface area contributed by atoms with Crippen LogP contribution in [0.15, 0.2) is 22.7 Å². The van der Waals surface area contributed by atoms with Crippen molar-refractivity contribution in [2.75, 3.05) is 27.3 Å². The van der Waals surface area contributed by atoms with Crippen LogP contribution in [-0.2, 0) is 0 Å². The van der Waals surface area contributed by atoms with Gasteiger partial charge < -0.3 is 24.2 Å². The first kappa shape index (κ1) is 19.0. The van der Waals surface area contributed by atoms with Gasteiger partial charge in [0.1, 0.15) is 0 Å². The van der Waals surface area contributed by atoms with E-state index in [4.69, 9.17) is 14.0 Å². The number of amides is 2. The third-order valence-corrected chi connectivity index (χ3v) is 4.85. The van der Waals surface area contributed by atoms with E-state index in [9.17, 15) is 4.79 Å². The van der Waals surface area contributed by atoms with Crippen molar-refractivity contribution in [2.24, 2.45) is 0 Å². The van der Waals surface area contributed by atoms with E-state index >= 15 is 0 Å². The summed E-state index contributed by atoms with van der Waals surface area (Å²) in [4.78, 5) is 18.9. The lowest BCUT2D eigenvalue weighted by Gasteiger charge is -2.32. The lowest BCUT2D eigenvalue weighted by molar-refractivity contribution is 0.169. The molecule has 1 N–H and O–H groups in total. The number of nitrogens with zero attached hydrogens (tertiary/aromatic N) is 3. The van der Waals surface area contributed by atoms with Crippen molar-refractivity contribution in [1.82, 2.24) is 20.4 Å². The first-order valence-electron chi connectivity index (χ1n) is 9.09. The fourth-order valence-electron chi connectivity index (χ4n) is 3.32. The van der Waals surface area contributed by atoms with Gasteiger partial charge in [0.25, 0.3) is 0 Å². The van der Waals surface area contributed by atoms with Crippen molar-refractivity contribution >= 4 is 6.03 Å². The number of benzene rings is 1. The molecule has 0 radical (unpaired) electrons. The second-order valence-corrected chi connectivity index (χ2v) is 6.75. The minimum Gasteiger partial charge on any atom is -0.493 e. The number of aryl methyl sites for hydroxylation is 1. The molecule has 3 rings (SSSR count). The lowest BCUT2D eigenvalue weighted by Crippen LogP contribution is -2.45. The van der Waals surface area contributed by atoms with Crippen LogP contribution in [0.2, 0.25) is 0 Å². The summed E-state index contributed by atoms with van der Waals surface area (Å²) in [5.41, 5.74) is 0.946. The number of ether oxygens (including phenoxy) is 2. The number of piperidine rings is 1. The van der Waals surface area contributed by atoms with Crippen LogP contribution in [0.5, 0.6) is 11.5 Å². The molecule has 27 heavy (non-hydrogen) atoms. The van der Waals surface area contributed by atoms with Crippen molar-refractivity contribution in [2.45, 2.75) is 38.6 Å². The number of methoxy groups -OCH3 is 2. The van der Waals surface area contributed by atoms with E-state index in [0.717, 1.165) is 18.4 Å². The quantitative estimate of drug-likeness (QED) is 0.865. The van der Waals surface area contributed by atoms with Crippen LogP contribution >= 0.6 is 0 Å². The van der Waals surface area contributed by atoms with Crippen LogP contribution in [0.4, 0.5) is 4.79 Å². The molecule has 1 aliphatic rings. The molecule has 2 heterocycles. The van der Waals surface area contributed by atoms with Gasteiger partial charge in [-0.25, -0.2) is 4.79 Å². The molecule has 1 aromatic carbocycles. The van der Waals surface area contributed by atoms with Gasteiger partial charge in [0.05, 0.1) is 26.2 Å². The fraction of sp³-hybridized carbons (Fsp3) is 0.526. The number of carbonyl (C=O) groups is 1. The van der Waals surface area contributed by atoms with Gasteiger partial charge in [-0.05, 0) is 44.4 Å². The molecule has 0 unspecified atom stereocenters. The zero-order valence-corrected chi connectivity index (χ0v) is 16.2. The Hall–Kier alpha value is -2.77. The predicted molar refractivity (Wildman–Crippen MR) is 99.1 cm³/mol. The van der Waals surface area contributed by atoms with Crippen LogP contribution in [0.3, 0.4) is 0 Å². The second kappa shape index (κ2) is 8.28. The Balaban J connectivity index is 1.64. The summed E-state index contributed by atoms with van der Waals surface area (Å²) < 4.78 is 15.9. The Bertz CT molecular complexity index is 792. The van der Waals surface area contributed by atoms with Gasteiger partial charge in [-0.3, -0.25) is 0 Å². The molecule has 1 aliphatic heterocycles. The molecule has 0 saturated carbocycles. The van der Waals surface area contributed by atoms with E-state index in [1.807, 2.05) is 30.0 Å². The molecular weight excluding hydrogens is 348 g/mol. The highest BCUT2D eigenvalue weighted by molar-refractivity contribution is 5.75. The molecule has 1 fully saturated rings. The van der Waals surface area contributed by atoms with E-state index in [2.05, 4.69) is 15.5 Å². The first-order chi connectivity index (χ1) is 13.0. The van der Waals surface area contributed by atoms with E-state index in [0.29, 0.717) is 36.3 Å². The normalized spacial score (nSPS) is 18.1. The average Bonchev–Trinajstić information content (AvgIpc) is 3.13. The number of hydrogen-bond acceptors (Lipinski definition) is 6. The third kappa shape index (κ3) is 4.32. The minimum absolute atomic E-state index is 0.0853. The monoisotopic (exact) mass is 374 g/mol. The summed E-state index contributed by atoms with van der Waals surface area (Å²) in [7, 11) is 3.19. The Morgan fingerprint density at radius 2 is 2.11 bits per heavy atom. The van der Waals surface area contributed by atoms with E-state index < -0.39 is 0 Å². The largest absolute Gasteiger partial charge is 0.493 e. The SMILES string of the molecule is COc1ccc([C@@H](C)NC(=O)N2CCC[C@@H](c3nc(C)no3)C2)cc1OC. The number of likely N-dealkylation sites (tertiary alicyclic amines) is 1. The number of nitrogens with one attached hydrogen (secondary N) is 1.